The number of hydrogen-bond acceptors (Lipinski definition) is 3. The molecule has 0 amide bonds. The van der Waals surface area contributed by atoms with Crippen molar-refractivity contribution in [2.75, 3.05) is 0 Å². The Morgan fingerprint density at radius 2 is 2.46 bits per heavy atom. The average Bonchev–Trinajstić information content (AvgIpc) is 2.87. The smallest absolute Gasteiger partial charge is 0.0964 e. The predicted molar refractivity (Wildman–Crippen MR) is 50.0 cm³/mol. The summed E-state index contributed by atoms with van der Waals surface area (Å²) in [6.45, 7) is 3.08. The molecule has 1 N–H and O–H groups in total. The van der Waals surface area contributed by atoms with Gasteiger partial charge in [0.1, 0.15) is 0 Å². The second kappa shape index (κ2) is 3.46. The van der Waals surface area contributed by atoms with Crippen molar-refractivity contribution >= 4 is 0 Å². The molecule has 1 aliphatic rings. The lowest BCUT2D eigenvalue weighted by Crippen LogP contribution is -2.27. The van der Waals surface area contributed by atoms with Gasteiger partial charge in [-0.2, -0.15) is 0 Å². The van der Waals surface area contributed by atoms with E-state index >= 15 is 0 Å². The van der Waals surface area contributed by atoms with Crippen LogP contribution >= 0.6 is 0 Å². The largest absolute Gasteiger partial charge is 0.308 e. The number of nitrogens with one attached hydrogen (secondary N) is 1. The van der Waals surface area contributed by atoms with Crippen LogP contribution in [-0.4, -0.2) is 21.0 Å². The number of nitrogens with zero attached hydrogens (tertiary/aromatic N) is 3. The highest BCUT2D eigenvalue weighted by Crippen LogP contribution is 2.32. The van der Waals surface area contributed by atoms with E-state index in [0.717, 1.165) is 18.2 Å². The van der Waals surface area contributed by atoms with Crippen LogP contribution in [-0.2, 0) is 13.6 Å². The highest BCUT2D eigenvalue weighted by atomic mass is 15.4. The molecular formula is C9H16N4. The summed E-state index contributed by atoms with van der Waals surface area (Å²) < 4.78 is 1.73. The van der Waals surface area contributed by atoms with Crippen LogP contribution in [0.3, 0.4) is 0 Å². The minimum Gasteiger partial charge on any atom is -0.308 e. The zero-order valence-electron chi connectivity index (χ0n) is 8.20. The molecule has 4 heteroatoms. The SMILES string of the molecule is CC(NCc1cn(C)nn1)C1CC1. The Kier molecular flexibility index (Phi) is 2.31. The van der Waals surface area contributed by atoms with E-state index < -0.39 is 0 Å². The zero-order chi connectivity index (χ0) is 9.26. The Bertz CT molecular complexity index is 277. The number of hydrogen-bond donors (Lipinski definition) is 1. The van der Waals surface area contributed by atoms with E-state index in [1.54, 1.807) is 4.68 Å². The van der Waals surface area contributed by atoms with Crippen LogP contribution in [0.1, 0.15) is 25.5 Å². The van der Waals surface area contributed by atoms with Crippen molar-refractivity contribution in [3.8, 4) is 0 Å². The lowest BCUT2D eigenvalue weighted by molar-refractivity contribution is 0.492. The first-order valence-corrected chi connectivity index (χ1v) is 4.84. The first-order chi connectivity index (χ1) is 6.25. The molecule has 0 aliphatic heterocycles. The molecule has 1 aromatic rings. The van der Waals surface area contributed by atoms with Gasteiger partial charge in [-0.05, 0) is 25.7 Å². The van der Waals surface area contributed by atoms with E-state index in [4.69, 9.17) is 0 Å². The summed E-state index contributed by atoms with van der Waals surface area (Å²) in [7, 11) is 1.89. The number of aryl methyl sites for hydroxylation is 1. The molecule has 1 fully saturated rings. The summed E-state index contributed by atoms with van der Waals surface area (Å²) in [5.41, 5.74) is 1.02. The van der Waals surface area contributed by atoms with Gasteiger partial charge in [-0.15, -0.1) is 5.10 Å². The zero-order valence-corrected chi connectivity index (χ0v) is 8.20. The maximum atomic E-state index is 4.02. The Balaban J connectivity index is 1.78. The molecule has 0 aromatic carbocycles. The summed E-state index contributed by atoms with van der Waals surface area (Å²) in [6, 6.07) is 0.627. The lowest BCUT2D eigenvalue weighted by atomic mass is 10.2. The Morgan fingerprint density at radius 3 is 3.00 bits per heavy atom. The van der Waals surface area contributed by atoms with Gasteiger partial charge in [-0.25, -0.2) is 0 Å². The van der Waals surface area contributed by atoms with Crippen molar-refractivity contribution in [1.29, 1.82) is 0 Å². The molecule has 1 heterocycles. The minimum atomic E-state index is 0.627. The third-order valence-electron chi connectivity index (χ3n) is 2.58. The van der Waals surface area contributed by atoms with Crippen molar-refractivity contribution in [2.45, 2.75) is 32.4 Å². The van der Waals surface area contributed by atoms with Gasteiger partial charge in [0.15, 0.2) is 0 Å². The van der Waals surface area contributed by atoms with Crippen molar-refractivity contribution < 1.29 is 0 Å². The molecule has 1 unspecified atom stereocenters. The summed E-state index contributed by atoms with van der Waals surface area (Å²) in [5.74, 6) is 0.900. The van der Waals surface area contributed by atoms with Crippen molar-refractivity contribution in [1.82, 2.24) is 20.3 Å². The summed E-state index contributed by atoms with van der Waals surface area (Å²) in [6.07, 6.45) is 4.72. The van der Waals surface area contributed by atoms with E-state index in [2.05, 4.69) is 22.6 Å². The first-order valence-electron chi connectivity index (χ1n) is 4.84. The molecule has 1 atom stereocenters. The van der Waals surface area contributed by atoms with Crippen LogP contribution in [0.4, 0.5) is 0 Å². The van der Waals surface area contributed by atoms with Crippen molar-refractivity contribution in [3.63, 3.8) is 0 Å². The summed E-state index contributed by atoms with van der Waals surface area (Å²) in [5, 5.41) is 11.4. The summed E-state index contributed by atoms with van der Waals surface area (Å²) in [4.78, 5) is 0. The van der Waals surface area contributed by atoms with Gasteiger partial charge in [0.25, 0.3) is 0 Å². The molecule has 0 bridgehead atoms. The monoisotopic (exact) mass is 180 g/mol. The lowest BCUT2D eigenvalue weighted by Gasteiger charge is -2.10. The molecule has 4 nitrogen and oxygen atoms in total. The molecule has 1 saturated carbocycles. The summed E-state index contributed by atoms with van der Waals surface area (Å²) >= 11 is 0. The van der Waals surface area contributed by atoms with Gasteiger partial charge < -0.3 is 5.32 Å². The number of rotatable bonds is 4. The van der Waals surface area contributed by atoms with Crippen LogP contribution in [0.15, 0.2) is 6.20 Å². The van der Waals surface area contributed by atoms with Gasteiger partial charge in [0.05, 0.1) is 5.69 Å². The maximum Gasteiger partial charge on any atom is 0.0964 e. The molecule has 0 saturated heterocycles. The third kappa shape index (κ3) is 2.28. The quantitative estimate of drug-likeness (QED) is 0.741. The van der Waals surface area contributed by atoms with E-state index in [1.807, 2.05) is 13.2 Å². The molecule has 72 valence electrons. The van der Waals surface area contributed by atoms with Crippen LogP contribution in [0.2, 0.25) is 0 Å². The van der Waals surface area contributed by atoms with E-state index in [0.29, 0.717) is 6.04 Å². The Morgan fingerprint density at radius 1 is 1.69 bits per heavy atom. The fraction of sp³-hybridized carbons (Fsp3) is 0.778. The van der Waals surface area contributed by atoms with Crippen LogP contribution in [0.5, 0.6) is 0 Å². The first kappa shape index (κ1) is 8.69. The van der Waals surface area contributed by atoms with Gasteiger partial charge in [-0.3, -0.25) is 4.68 Å². The van der Waals surface area contributed by atoms with Gasteiger partial charge in [0.2, 0.25) is 0 Å². The maximum absolute atomic E-state index is 4.02. The van der Waals surface area contributed by atoms with E-state index in [-0.39, 0.29) is 0 Å². The van der Waals surface area contributed by atoms with Crippen LogP contribution in [0.25, 0.3) is 0 Å². The third-order valence-corrected chi connectivity index (χ3v) is 2.58. The minimum absolute atomic E-state index is 0.627. The topological polar surface area (TPSA) is 42.7 Å². The molecule has 13 heavy (non-hydrogen) atoms. The molecule has 1 aromatic heterocycles. The van der Waals surface area contributed by atoms with E-state index in [9.17, 15) is 0 Å². The second-order valence-corrected chi connectivity index (χ2v) is 3.89. The van der Waals surface area contributed by atoms with Crippen LogP contribution < -0.4 is 5.32 Å². The van der Waals surface area contributed by atoms with Gasteiger partial charge in [0, 0.05) is 25.8 Å². The molecule has 0 radical (unpaired) electrons. The highest BCUT2D eigenvalue weighted by Gasteiger charge is 2.27. The fourth-order valence-corrected chi connectivity index (χ4v) is 1.50. The van der Waals surface area contributed by atoms with Crippen molar-refractivity contribution in [3.05, 3.63) is 11.9 Å². The molecule has 2 rings (SSSR count). The highest BCUT2D eigenvalue weighted by molar-refractivity contribution is 4.93. The van der Waals surface area contributed by atoms with Gasteiger partial charge >= 0.3 is 0 Å². The average molecular weight is 180 g/mol. The second-order valence-electron chi connectivity index (χ2n) is 3.89. The molecule has 0 spiro atoms. The Labute approximate surface area is 78.3 Å². The van der Waals surface area contributed by atoms with Crippen LogP contribution in [0, 0.1) is 5.92 Å². The normalized spacial score (nSPS) is 18.9. The standard InChI is InChI=1S/C9H16N4/c1-7(8-3-4-8)10-5-9-6-13(2)12-11-9/h6-8,10H,3-5H2,1-2H3. The molecule has 1 aliphatic carbocycles. The predicted octanol–water partition coefficient (Wildman–Crippen LogP) is 0.703. The van der Waals surface area contributed by atoms with Crippen molar-refractivity contribution in [2.24, 2.45) is 13.0 Å². The van der Waals surface area contributed by atoms with Gasteiger partial charge in [-0.1, -0.05) is 5.21 Å². The molecular weight excluding hydrogens is 164 g/mol. The number of aromatic nitrogens is 3. The van der Waals surface area contributed by atoms with E-state index in [1.165, 1.54) is 12.8 Å². The Hall–Kier alpha value is -0.900. The fourth-order valence-electron chi connectivity index (χ4n) is 1.50.